The van der Waals surface area contributed by atoms with Gasteiger partial charge in [0, 0.05) is 4.47 Å². The van der Waals surface area contributed by atoms with Crippen molar-refractivity contribution >= 4 is 21.9 Å². The van der Waals surface area contributed by atoms with E-state index in [1.54, 1.807) is 12.1 Å². The molecule has 2 unspecified atom stereocenters. The Morgan fingerprint density at radius 2 is 2.13 bits per heavy atom. The fourth-order valence-corrected chi connectivity index (χ4v) is 1.60. The number of hydrogen-bond donors (Lipinski definition) is 0. The van der Waals surface area contributed by atoms with E-state index in [1.807, 2.05) is 19.1 Å². The van der Waals surface area contributed by atoms with Gasteiger partial charge in [-0.2, -0.15) is 0 Å². The van der Waals surface area contributed by atoms with Crippen LogP contribution in [0.2, 0.25) is 0 Å². The molecule has 0 aliphatic carbocycles. The second-order valence-electron chi connectivity index (χ2n) is 3.52. The second-order valence-corrected chi connectivity index (χ2v) is 4.44. The number of esters is 1. The lowest BCUT2D eigenvalue weighted by Crippen LogP contribution is -2.44. The summed E-state index contributed by atoms with van der Waals surface area (Å²) in [7, 11) is 0. The third kappa shape index (κ3) is 2.38. The van der Waals surface area contributed by atoms with Crippen LogP contribution in [0.15, 0.2) is 28.7 Å². The third-order valence-electron chi connectivity index (χ3n) is 2.44. The van der Waals surface area contributed by atoms with Crippen LogP contribution in [0.5, 0.6) is 5.75 Å². The summed E-state index contributed by atoms with van der Waals surface area (Å²) >= 11 is 3.31. The molecular weight excluding hydrogens is 260 g/mol. The maximum atomic E-state index is 11.6. The van der Waals surface area contributed by atoms with Gasteiger partial charge < -0.3 is 9.47 Å². The van der Waals surface area contributed by atoms with Crippen LogP contribution in [0.3, 0.4) is 0 Å². The zero-order valence-electron chi connectivity index (χ0n) is 8.27. The predicted molar refractivity (Wildman–Crippen MR) is 58.7 cm³/mol. The quantitative estimate of drug-likeness (QED) is 0.612. The maximum Gasteiger partial charge on any atom is 0.319 e. The summed E-state index contributed by atoms with van der Waals surface area (Å²) in [5, 5.41) is 0. The van der Waals surface area contributed by atoms with E-state index < -0.39 is 0 Å². The van der Waals surface area contributed by atoms with Gasteiger partial charge in [-0.05, 0) is 31.2 Å². The topological polar surface area (TPSA) is 35.5 Å². The molecule has 1 saturated heterocycles. The van der Waals surface area contributed by atoms with Gasteiger partial charge in [0.05, 0.1) is 12.7 Å². The molecule has 15 heavy (non-hydrogen) atoms. The Kier molecular flexibility index (Phi) is 3.07. The third-order valence-corrected chi connectivity index (χ3v) is 2.97. The normalized spacial score (nSPS) is 24.4. The number of benzene rings is 1. The Balaban J connectivity index is 1.96. The van der Waals surface area contributed by atoms with Crippen molar-refractivity contribution < 1.29 is 14.3 Å². The molecule has 1 aliphatic heterocycles. The fraction of sp³-hybridized carbons (Fsp3) is 0.364. The first-order chi connectivity index (χ1) is 7.16. The summed E-state index contributed by atoms with van der Waals surface area (Å²) < 4.78 is 11.3. The van der Waals surface area contributed by atoms with Crippen molar-refractivity contribution in [3.63, 3.8) is 0 Å². The fourth-order valence-electron chi connectivity index (χ4n) is 1.34. The molecule has 2 atom stereocenters. The molecule has 0 bridgehead atoms. The Hall–Kier alpha value is -0.870. The first-order valence-electron chi connectivity index (χ1n) is 4.75. The van der Waals surface area contributed by atoms with Crippen LogP contribution in [0, 0.1) is 5.92 Å². The molecule has 0 N–H and O–H groups in total. The monoisotopic (exact) mass is 270 g/mol. The minimum atomic E-state index is -0.212. The molecule has 0 amide bonds. The summed E-state index contributed by atoms with van der Waals surface area (Å²) in [6.45, 7) is 2.34. The van der Waals surface area contributed by atoms with Gasteiger partial charge in [-0.25, -0.2) is 0 Å². The van der Waals surface area contributed by atoms with Crippen molar-refractivity contribution in [1.82, 2.24) is 0 Å². The number of ether oxygens (including phenoxy) is 2. The zero-order valence-corrected chi connectivity index (χ0v) is 9.86. The molecule has 1 heterocycles. The van der Waals surface area contributed by atoms with Crippen LogP contribution < -0.4 is 4.74 Å². The van der Waals surface area contributed by atoms with Crippen LogP contribution >= 0.6 is 15.9 Å². The number of hydrogen-bond acceptors (Lipinski definition) is 3. The summed E-state index contributed by atoms with van der Waals surface area (Å²) in [6, 6.07) is 7.19. The molecule has 0 saturated carbocycles. The highest BCUT2D eigenvalue weighted by Crippen LogP contribution is 2.23. The molecule has 0 radical (unpaired) electrons. The highest BCUT2D eigenvalue weighted by molar-refractivity contribution is 9.10. The van der Waals surface area contributed by atoms with Crippen LogP contribution in [-0.4, -0.2) is 18.7 Å². The van der Waals surface area contributed by atoms with E-state index in [0.29, 0.717) is 12.4 Å². The van der Waals surface area contributed by atoms with E-state index in [2.05, 4.69) is 15.9 Å². The van der Waals surface area contributed by atoms with E-state index >= 15 is 0 Å². The minimum absolute atomic E-state index is 0.0204. The van der Waals surface area contributed by atoms with Crippen LogP contribution in [-0.2, 0) is 9.53 Å². The van der Waals surface area contributed by atoms with Crippen molar-refractivity contribution in [2.24, 2.45) is 5.92 Å². The van der Waals surface area contributed by atoms with E-state index in [9.17, 15) is 4.79 Å². The lowest BCUT2D eigenvalue weighted by Gasteiger charge is -2.31. The van der Waals surface area contributed by atoms with Gasteiger partial charge in [0.2, 0.25) is 0 Å². The predicted octanol–water partition coefficient (Wildman–Crippen LogP) is 2.39. The zero-order chi connectivity index (χ0) is 10.8. The molecule has 3 nitrogen and oxygen atoms in total. The first-order valence-corrected chi connectivity index (χ1v) is 5.55. The lowest BCUT2D eigenvalue weighted by molar-refractivity contribution is -0.166. The SMILES string of the molecule is CC1OCC1C(=O)Oc1ccc(Br)cc1. The second kappa shape index (κ2) is 4.33. The van der Waals surface area contributed by atoms with Crippen LogP contribution in [0.1, 0.15) is 6.92 Å². The van der Waals surface area contributed by atoms with Gasteiger partial charge in [-0.1, -0.05) is 15.9 Å². The highest BCUT2D eigenvalue weighted by Gasteiger charge is 2.36. The van der Waals surface area contributed by atoms with Crippen molar-refractivity contribution in [3.05, 3.63) is 28.7 Å². The molecule has 1 fully saturated rings. The molecule has 80 valence electrons. The summed E-state index contributed by atoms with van der Waals surface area (Å²) in [5.41, 5.74) is 0. The van der Waals surface area contributed by atoms with Crippen LogP contribution in [0.4, 0.5) is 0 Å². The minimum Gasteiger partial charge on any atom is -0.426 e. The molecule has 0 spiro atoms. The highest BCUT2D eigenvalue weighted by atomic mass is 79.9. The Labute approximate surface area is 96.5 Å². The van der Waals surface area contributed by atoms with E-state index in [0.717, 1.165) is 4.47 Å². The van der Waals surface area contributed by atoms with Gasteiger partial charge in [-0.3, -0.25) is 4.79 Å². The van der Waals surface area contributed by atoms with Crippen molar-refractivity contribution in [2.75, 3.05) is 6.61 Å². The number of carbonyl (C=O) groups is 1. The molecular formula is C11H11BrO3. The molecule has 1 aromatic rings. The first kappa shape index (κ1) is 10.6. The van der Waals surface area contributed by atoms with Crippen molar-refractivity contribution in [3.8, 4) is 5.75 Å². The number of halogens is 1. The van der Waals surface area contributed by atoms with Gasteiger partial charge in [0.25, 0.3) is 0 Å². The van der Waals surface area contributed by atoms with Gasteiger partial charge in [-0.15, -0.1) is 0 Å². The van der Waals surface area contributed by atoms with Crippen molar-refractivity contribution in [2.45, 2.75) is 13.0 Å². The molecule has 1 aromatic carbocycles. The van der Waals surface area contributed by atoms with Crippen LogP contribution in [0.25, 0.3) is 0 Å². The summed E-state index contributed by atoms with van der Waals surface area (Å²) in [5.74, 6) is 0.243. The Morgan fingerprint density at radius 1 is 1.47 bits per heavy atom. The average molecular weight is 271 g/mol. The largest absolute Gasteiger partial charge is 0.426 e. The Morgan fingerprint density at radius 3 is 2.60 bits per heavy atom. The smallest absolute Gasteiger partial charge is 0.319 e. The Bertz CT molecular complexity index is 361. The molecule has 1 aliphatic rings. The molecule has 4 heteroatoms. The van der Waals surface area contributed by atoms with E-state index in [1.165, 1.54) is 0 Å². The van der Waals surface area contributed by atoms with Gasteiger partial charge in [0.1, 0.15) is 11.7 Å². The van der Waals surface area contributed by atoms with Gasteiger partial charge in [0.15, 0.2) is 0 Å². The average Bonchev–Trinajstić information content (AvgIpc) is 2.19. The number of carbonyl (C=O) groups excluding carboxylic acids is 1. The molecule has 0 aromatic heterocycles. The standard InChI is InChI=1S/C11H11BrO3/c1-7-10(6-14-7)11(13)15-9-4-2-8(12)3-5-9/h2-5,7,10H,6H2,1H3. The number of rotatable bonds is 2. The van der Waals surface area contributed by atoms with Gasteiger partial charge >= 0.3 is 5.97 Å². The molecule has 2 rings (SSSR count). The summed E-state index contributed by atoms with van der Waals surface area (Å²) in [6.07, 6.45) is -0.0204. The van der Waals surface area contributed by atoms with E-state index in [-0.39, 0.29) is 18.0 Å². The van der Waals surface area contributed by atoms with Crippen molar-refractivity contribution in [1.29, 1.82) is 0 Å². The lowest BCUT2D eigenvalue weighted by atomic mass is 10.0. The van der Waals surface area contributed by atoms with E-state index in [4.69, 9.17) is 9.47 Å². The summed E-state index contributed by atoms with van der Waals surface area (Å²) in [4.78, 5) is 11.6. The maximum absolute atomic E-state index is 11.6.